The fourth-order valence-electron chi connectivity index (χ4n) is 2.87. The standard InChI is InChI=1S/C12H18N3O2.HI/c1-13-5-6-14(9-13)12(16)15-7-8-17-11-4-2-3-10(11)15;/h5-6,9-11H,2-4,7-8H2,1H3;1H/q+1;/p-1. The molecule has 1 saturated carbocycles. The van der Waals surface area contributed by atoms with Crippen molar-refractivity contribution in [2.24, 2.45) is 7.05 Å². The average molecular weight is 363 g/mol. The minimum absolute atomic E-state index is 0. The van der Waals surface area contributed by atoms with E-state index in [2.05, 4.69) is 0 Å². The van der Waals surface area contributed by atoms with Crippen molar-refractivity contribution in [1.29, 1.82) is 0 Å². The second-order valence-corrected chi connectivity index (χ2v) is 4.87. The predicted octanol–water partition coefficient (Wildman–Crippen LogP) is -2.46. The zero-order valence-corrected chi connectivity index (χ0v) is 12.6. The molecule has 18 heavy (non-hydrogen) atoms. The number of carbonyl (C=O) groups excluding carboxylic acids is 1. The van der Waals surface area contributed by atoms with Crippen LogP contribution in [-0.2, 0) is 11.8 Å². The normalized spacial score (nSPS) is 26.6. The van der Waals surface area contributed by atoms with E-state index in [1.165, 1.54) is 6.42 Å². The molecule has 3 rings (SSSR count). The summed E-state index contributed by atoms with van der Waals surface area (Å²) in [5.41, 5.74) is 0. The van der Waals surface area contributed by atoms with Crippen LogP contribution in [0.3, 0.4) is 0 Å². The molecule has 2 heterocycles. The second kappa shape index (κ2) is 5.56. The van der Waals surface area contributed by atoms with Gasteiger partial charge in [0.1, 0.15) is 12.4 Å². The molecule has 0 spiro atoms. The Balaban J connectivity index is 0.00000120. The van der Waals surface area contributed by atoms with Crippen LogP contribution >= 0.6 is 0 Å². The van der Waals surface area contributed by atoms with Gasteiger partial charge in [0.15, 0.2) is 0 Å². The molecule has 2 fully saturated rings. The van der Waals surface area contributed by atoms with Crippen LogP contribution in [0.25, 0.3) is 0 Å². The molecular formula is C12H18IN3O2. The van der Waals surface area contributed by atoms with E-state index in [-0.39, 0.29) is 42.2 Å². The van der Waals surface area contributed by atoms with Gasteiger partial charge in [-0.2, -0.15) is 4.57 Å². The highest BCUT2D eigenvalue weighted by atomic mass is 127. The number of aryl methyl sites for hydroxylation is 1. The van der Waals surface area contributed by atoms with Crippen molar-refractivity contribution in [2.75, 3.05) is 13.2 Å². The third kappa shape index (κ3) is 2.40. The highest BCUT2D eigenvalue weighted by Crippen LogP contribution is 2.29. The lowest BCUT2D eigenvalue weighted by Crippen LogP contribution is -3.00. The summed E-state index contributed by atoms with van der Waals surface area (Å²) in [5, 5.41) is 0. The second-order valence-electron chi connectivity index (χ2n) is 4.87. The van der Waals surface area contributed by atoms with Crippen LogP contribution in [0.5, 0.6) is 0 Å². The van der Waals surface area contributed by atoms with E-state index in [1.54, 1.807) is 4.57 Å². The summed E-state index contributed by atoms with van der Waals surface area (Å²) < 4.78 is 9.25. The molecule has 0 bridgehead atoms. The number of aromatic nitrogens is 2. The number of hydrogen-bond donors (Lipinski definition) is 0. The third-order valence-electron chi connectivity index (χ3n) is 3.72. The van der Waals surface area contributed by atoms with Gasteiger partial charge in [-0.25, -0.2) is 9.36 Å². The lowest BCUT2D eigenvalue weighted by atomic mass is 10.1. The quantitative estimate of drug-likeness (QED) is 0.379. The van der Waals surface area contributed by atoms with Crippen molar-refractivity contribution >= 4 is 6.03 Å². The molecule has 2 aliphatic rings. The Morgan fingerprint density at radius 2 is 2.28 bits per heavy atom. The fraction of sp³-hybridized carbons (Fsp3) is 0.667. The first-order valence-electron chi connectivity index (χ1n) is 6.21. The van der Waals surface area contributed by atoms with Gasteiger partial charge >= 0.3 is 6.03 Å². The molecule has 2 unspecified atom stereocenters. The van der Waals surface area contributed by atoms with Gasteiger partial charge in [0.2, 0.25) is 0 Å². The molecule has 1 aromatic rings. The molecule has 6 heteroatoms. The number of rotatable bonds is 0. The summed E-state index contributed by atoms with van der Waals surface area (Å²) in [6.45, 7) is 1.38. The van der Waals surface area contributed by atoms with E-state index in [4.69, 9.17) is 4.74 Å². The lowest BCUT2D eigenvalue weighted by molar-refractivity contribution is -0.670. The van der Waals surface area contributed by atoms with Crippen LogP contribution < -0.4 is 28.5 Å². The molecule has 1 aliphatic heterocycles. The largest absolute Gasteiger partial charge is 1.00 e. The van der Waals surface area contributed by atoms with E-state index in [1.807, 2.05) is 35.2 Å². The number of halogens is 1. The Labute approximate surface area is 124 Å². The third-order valence-corrected chi connectivity index (χ3v) is 3.72. The van der Waals surface area contributed by atoms with E-state index < -0.39 is 0 Å². The summed E-state index contributed by atoms with van der Waals surface area (Å²) in [7, 11) is 1.92. The molecule has 0 N–H and O–H groups in total. The van der Waals surface area contributed by atoms with E-state index in [9.17, 15) is 4.79 Å². The van der Waals surface area contributed by atoms with Gasteiger partial charge in [0, 0.05) is 6.54 Å². The number of carbonyl (C=O) groups is 1. The van der Waals surface area contributed by atoms with Gasteiger partial charge in [-0.3, -0.25) is 4.90 Å². The monoisotopic (exact) mass is 363 g/mol. The van der Waals surface area contributed by atoms with Crippen LogP contribution in [-0.4, -0.2) is 40.8 Å². The SMILES string of the molecule is C[n+]1ccn(C(=O)N2CCOC3CCCC32)c1.[I-]. The van der Waals surface area contributed by atoms with Crippen molar-refractivity contribution in [3.8, 4) is 0 Å². The zero-order chi connectivity index (χ0) is 11.8. The smallest absolute Gasteiger partial charge is 0.416 e. The molecule has 1 aliphatic carbocycles. The number of ether oxygens (including phenoxy) is 1. The topological polar surface area (TPSA) is 38.3 Å². The van der Waals surface area contributed by atoms with Crippen molar-refractivity contribution in [2.45, 2.75) is 31.4 Å². The van der Waals surface area contributed by atoms with Gasteiger partial charge in [-0.1, -0.05) is 0 Å². The van der Waals surface area contributed by atoms with Crippen molar-refractivity contribution < 1.29 is 38.1 Å². The highest BCUT2D eigenvalue weighted by molar-refractivity contribution is 5.77. The predicted molar refractivity (Wildman–Crippen MR) is 60.5 cm³/mol. The molecular weight excluding hydrogens is 345 g/mol. The summed E-state index contributed by atoms with van der Waals surface area (Å²) >= 11 is 0. The van der Waals surface area contributed by atoms with Crippen LogP contribution in [0.4, 0.5) is 4.79 Å². The van der Waals surface area contributed by atoms with Crippen LogP contribution in [0, 0.1) is 0 Å². The van der Waals surface area contributed by atoms with Crippen LogP contribution in [0.2, 0.25) is 0 Å². The first-order chi connectivity index (χ1) is 8.25. The Kier molecular flexibility index (Phi) is 4.26. The van der Waals surface area contributed by atoms with Gasteiger partial charge in [-0.05, 0) is 19.3 Å². The molecule has 100 valence electrons. The summed E-state index contributed by atoms with van der Waals surface area (Å²) in [5.74, 6) is 0. The maximum Gasteiger partial charge on any atom is 0.416 e. The molecule has 1 saturated heterocycles. The van der Waals surface area contributed by atoms with Gasteiger partial charge in [0.25, 0.3) is 6.33 Å². The van der Waals surface area contributed by atoms with Crippen molar-refractivity contribution in [3.05, 3.63) is 18.7 Å². The first-order valence-corrected chi connectivity index (χ1v) is 6.21. The van der Waals surface area contributed by atoms with Crippen molar-refractivity contribution in [3.63, 3.8) is 0 Å². The number of fused-ring (bicyclic) bond motifs is 1. The number of amides is 1. The Bertz CT molecular complexity index is 435. The minimum Gasteiger partial charge on any atom is -1.00 e. The Morgan fingerprint density at radius 1 is 1.44 bits per heavy atom. The maximum absolute atomic E-state index is 12.4. The van der Waals surface area contributed by atoms with Crippen LogP contribution in [0.1, 0.15) is 19.3 Å². The molecule has 5 nitrogen and oxygen atoms in total. The van der Waals surface area contributed by atoms with Gasteiger partial charge in [0.05, 0.1) is 25.8 Å². The number of morpholine rings is 1. The van der Waals surface area contributed by atoms with E-state index in [0.29, 0.717) is 13.2 Å². The molecule has 2 atom stereocenters. The van der Waals surface area contributed by atoms with E-state index in [0.717, 1.165) is 12.8 Å². The summed E-state index contributed by atoms with van der Waals surface area (Å²) in [4.78, 5) is 14.3. The minimum atomic E-state index is 0. The van der Waals surface area contributed by atoms with E-state index >= 15 is 0 Å². The summed E-state index contributed by atoms with van der Waals surface area (Å²) in [6.07, 6.45) is 9.08. The lowest BCUT2D eigenvalue weighted by Gasteiger charge is -2.35. The highest BCUT2D eigenvalue weighted by Gasteiger charge is 2.40. The zero-order valence-electron chi connectivity index (χ0n) is 10.5. The van der Waals surface area contributed by atoms with Gasteiger partial charge < -0.3 is 28.7 Å². The number of imidazole rings is 1. The first kappa shape index (κ1) is 13.8. The maximum atomic E-state index is 12.4. The molecule has 1 amide bonds. The molecule has 1 aromatic heterocycles. The fourth-order valence-corrected chi connectivity index (χ4v) is 2.87. The number of nitrogens with zero attached hydrogens (tertiary/aromatic N) is 3. The average Bonchev–Trinajstić information content (AvgIpc) is 2.95. The summed E-state index contributed by atoms with van der Waals surface area (Å²) in [6, 6.07) is 0.356. The number of hydrogen-bond acceptors (Lipinski definition) is 2. The van der Waals surface area contributed by atoms with Gasteiger partial charge in [-0.15, -0.1) is 0 Å². The Hall–Kier alpha value is -0.630. The Morgan fingerprint density at radius 3 is 3.00 bits per heavy atom. The van der Waals surface area contributed by atoms with Crippen LogP contribution in [0.15, 0.2) is 18.7 Å². The molecule has 0 aromatic carbocycles. The molecule has 0 radical (unpaired) electrons. The van der Waals surface area contributed by atoms with Crippen molar-refractivity contribution in [1.82, 2.24) is 9.47 Å².